The third-order valence-corrected chi connectivity index (χ3v) is 4.88. The first-order chi connectivity index (χ1) is 11.9. The molecule has 1 aliphatic rings. The van der Waals surface area contributed by atoms with Crippen molar-refractivity contribution in [2.75, 3.05) is 18.4 Å². The Labute approximate surface area is 149 Å². The number of aryl methyl sites for hydroxylation is 2. The number of piperidine rings is 1. The van der Waals surface area contributed by atoms with Crippen molar-refractivity contribution in [2.45, 2.75) is 33.7 Å². The highest BCUT2D eigenvalue weighted by Crippen LogP contribution is 2.24. The van der Waals surface area contributed by atoms with Gasteiger partial charge in [0.15, 0.2) is 0 Å². The molecule has 0 aliphatic carbocycles. The number of anilines is 1. The molecule has 134 valence electrons. The Hall–Kier alpha value is -2.37. The minimum atomic E-state index is 0.125. The van der Waals surface area contributed by atoms with Gasteiger partial charge in [-0.3, -0.25) is 9.48 Å². The molecule has 1 amide bonds. The third-order valence-electron chi connectivity index (χ3n) is 4.88. The lowest BCUT2D eigenvalue weighted by Crippen LogP contribution is -2.42. The second kappa shape index (κ2) is 7.25. The molecule has 2 heterocycles. The molecule has 1 saturated heterocycles. The smallest absolute Gasteiger partial charge is 0.253 e. The normalized spacial score (nSPS) is 20.6. The average Bonchev–Trinajstić information content (AvgIpc) is 2.97. The van der Waals surface area contributed by atoms with Gasteiger partial charge in [-0.1, -0.05) is 19.9 Å². The SMILES string of the molecule is Cc1ccc(C(=O)N2C[C@H](C)C[C@@H](C)C2)cc1NCc1ncnn1C. The van der Waals surface area contributed by atoms with Crippen LogP contribution in [0.2, 0.25) is 0 Å². The zero-order chi connectivity index (χ0) is 18.0. The molecular weight excluding hydrogens is 314 g/mol. The van der Waals surface area contributed by atoms with Crippen molar-refractivity contribution >= 4 is 11.6 Å². The topological polar surface area (TPSA) is 63.1 Å². The quantitative estimate of drug-likeness (QED) is 0.929. The first-order valence-corrected chi connectivity index (χ1v) is 8.90. The van der Waals surface area contributed by atoms with E-state index < -0.39 is 0 Å². The summed E-state index contributed by atoms with van der Waals surface area (Å²) in [6, 6.07) is 5.89. The Balaban J connectivity index is 1.74. The minimum absolute atomic E-state index is 0.125. The van der Waals surface area contributed by atoms with Gasteiger partial charge in [0.1, 0.15) is 12.2 Å². The van der Waals surface area contributed by atoms with Gasteiger partial charge in [-0.2, -0.15) is 5.10 Å². The van der Waals surface area contributed by atoms with Gasteiger partial charge in [0.05, 0.1) is 6.54 Å². The van der Waals surface area contributed by atoms with E-state index in [4.69, 9.17) is 0 Å². The Morgan fingerprint density at radius 3 is 2.64 bits per heavy atom. The molecule has 25 heavy (non-hydrogen) atoms. The number of nitrogens with zero attached hydrogens (tertiary/aromatic N) is 4. The molecule has 2 atom stereocenters. The summed E-state index contributed by atoms with van der Waals surface area (Å²) in [6.07, 6.45) is 2.74. The molecule has 3 rings (SSSR count). The van der Waals surface area contributed by atoms with Crippen LogP contribution in [0.1, 0.15) is 42.0 Å². The second-order valence-electron chi connectivity index (χ2n) is 7.34. The molecule has 0 unspecified atom stereocenters. The molecule has 0 saturated carbocycles. The van der Waals surface area contributed by atoms with Crippen molar-refractivity contribution in [3.05, 3.63) is 41.5 Å². The maximum atomic E-state index is 12.9. The predicted octanol–water partition coefficient (Wildman–Crippen LogP) is 2.85. The molecular formula is C19H27N5O. The standard InChI is InChI=1S/C19H27N5O/c1-13-7-14(2)11-24(10-13)19(25)16-6-5-15(3)17(8-16)20-9-18-21-12-22-23(18)4/h5-6,8,12-14,20H,7,9-11H2,1-4H3/t13-,14-/m1/s1. The van der Waals surface area contributed by atoms with Crippen LogP contribution in [0, 0.1) is 18.8 Å². The average molecular weight is 341 g/mol. The summed E-state index contributed by atoms with van der Waals surface area (Å²) >= 11 is 0. The minimum Gasteiger partial charge on any atom is -0.378 e. The van der Waals surface area contributed by atoms with E-state index in [0.717, 1.165) is 35.7 Å². The van der Waals surface area contributed by atoms with Gasteiger partial charge in [0.2, 0.25) is 0 Å². The number of likely N-dealkylation sites (tertiary alicyclic amines) is 1. The second-order valence-corrected chi connectivity index (χ2v) is 7.34. The summed E-state index contributed by atoms with van der Waals surface area (Å²) in [5, 5.41) is 7.46. The number of carbonyl (C=O) groups excluding carboxylic acids is 1. The van der Waals surface area contributed by atoms with Gasteiger partial charge in [-0.25, -0.2) is 4.98 Å². The number of amides is 1. The number of rotatable bonds is 4. The highest BCUT2D eigenvalue weighted by Gasteiger charge is 2.26. The molecule has 1 N–H and O–H groups in total. The lowest BCUT2D eigenvalue weighted by molar-refractivity contribution is 0.0623. The van der Waals surface area contributed by atoms with Crippen LogP contribution in [-0.4, -0.2) is 38.7 Å². The van der Waals surface area contributed by atoms with Crippen molar-refractivity contribution in [1.82, 2.24) is 19.7 Å². The van der Waals surface area contributed by atoms with Crippen molar-refractivity contribution in [3.63, 3.8) is 0 Å². The van der Waals surface area contributed by atoms with Crippen molar-refractivity contribution < 1.29 is 4.79 Å². The Morgan fingerprint density at radius 1 is 1.28 bits per heavy atom. The molecule has 0 bridgehead atoms. The molecule has 2 aromatic rings. The van der Waals surface area contributed by atoms with E-state index in [0.29, 0.717) is 18.4 Å². The molecule has 1 aromatic carbocycles. The Bertz CT molecular complexity index is 744. The number of carbonyl (C=O) groups is 1. The van der Waals surface area contributed by atoms with Gasteiger partial charge in [0.25, 0.3) is 5.91 Å². The van der Waals surface area contributed by atoms with E-state index in [9.17, 15) is 4.79 Å². The maximum Gasteiger partial charge on any atom is 0.253 e. The summed E-state index contributed by atoms with van der Waals surface area (Å²) < 4.78 is 1.74. The van der Waals surface area contributed by atoms with Crippen LogP contribution >= 0.6 is 0 Å². The van der Waals surface area contributed by atoms with Crippen molar-refractivity contribution in [3.8, 4) is 0 Å². The van der Waals surface area contributed by atoms with Gasteiger partial charge in [-0.15, -0.1) is 0 Å². The number of hydrogen-bond donors (Lipinski definition) is 1. The number of aromatic nitrogens is 3. The lowest BCUT2D eigenvalue weighted by Gasteiger charge is -2.35. The van der Waals surface area contributed by atoms with Crippen LogP contribution in [0.25, 0.3) is 0 Å². The molecule has 1 fully saturated rings. The zero-order valence-corrected chi connectivity index (χ0v) is 15.5. The van der Waals surface area contributed by atoms with Crippen LogP contribution in [0.15, 0.2) is 24.5 Å². The van der Waals surface area contributed by atoms with E-state index in [1.54, 1.807) is 11.0 Å². The summed E-state index contributed by atoms with van der Waals surface area (Å²) in [5.74, 6) is 2.10. The van der Waals surface area contributed by atoms with E-state index in [2.05, 4.69) is 29.2 Å². The molecule has 0 radical (unpaired) electrons. The van der Waals surface area contributed by atoms with E-state index in [-0.39, 0.29) is 5.91 Å². The fourth-order valence-electron chi connectivity index (χ4n) is 3.61. The summed E-state index contributed by atoms with van der Waals surface area (Å²) in [6.45, 7) is 8.75. The fraction of sp³-hybridized carbons (Fsp3) is 0.526. The van der Waals surface area contributed by atoms with Crippen LogP contribution in [0.5, 0.6) is 0 Å². The molecule has 6 heteroatoms. The molecule has 0 spiro atoms. The van der Waals surface area contributed by atoms with Gasteiger partial charge < -0.3 is 10.2 Å². The van der Waals surface area contributed by atoms with Crippen molar-refractivity contribution in [1.29, 1.82) is 0 Å². The monoisotopic (exact) mass is 341 g/mol. The summed E-state index contributed by atoms with van der Waals surface area (Å²) in [5.41, 5.74) is 2.82. The summed E-state index contributed by atoms with van der Waals surface area (Å²) in [7, 11) is 1.87. The van der Waals surface area contributed by atoms with Crippen LogP contribution < -0.4 is 5.32 Å². The Kier molecular flexibility index (Phi) is 5.06. The van der Waals surface area contributed by atoms with Crippen LogP contribution in [0.3, 0.4) is 0 Å². The first-order valence-electron chi connectivity index (χ1n) is 8.90. The van der Waals surface area contributed by atoms with E-state index in [1.165, 1.54) is 6.42 Å². The van der Waals surface area contributed by atoms with Crippen LogP contribution in [0.4, 0.5) is 5.69 Å². The number of benzene rings is 1. The largest absolute Gasteiger partial charge is 0.378 e. The fourth-order valence-corrected chi connectivity index (χ4v) is 3.61. The zero-order valence-electron chi connectivity index (χ0n) is 15.5. The first kappa shape index (κ1) is 17.5. The third kappa shape index (κ3) is 4.00. The Morgan fingerprint density at radius 2 is 2.00 bits per heavy atom. The highest BCUT2D eigenvalue weighted by molar-refractivity contribution is 5.95. The predicted molar refractivity (Wildman–Crippen MR) is 98.4 cm³/mol. The maximum absolute atomic E-state index is 12.9. The van der Waals surface area contributed by atoms with Gasteiger partial charge in [-0.05, 0) is 42.9 Å². The van der Waals surface area contributed by atoms with Crippen molar-refractivity contribution in [2.24, 2.45) is 18.9 Å². The van der Waals surface area contributed by atoms with Gasteiger partial charge in [0, 0.05) is 31.4 Å². The van der Waals surface area contributed by atoms with Crippen LogP contribution in [-0.2, 0) is 13.6 Å². The molecule has 1 aliphatic heterocycles. The highest BCUT2D eigenvalue weighted by atomic mass is 16.2. The van der Waals surface area contributed by atoms with E-state index in [1.807, 2.05) is 37.1 Å². The number of hydrogen-bond acceptors (Lipinski definition) is 4. The van der Waals surface area contributed by atoms with Gasteiger partial charge >= 0.3 is 0 Å². The number of nitrogens with one attached hydrogen (secondary N) is 1. The lowest BCUT2D eigenvalue weighted by atomic mass is 9.91. The summed E-state index contributed by atoms with van der Waals surface area (Å²) in [4.78, 5) is 19.1. The van der Waals surface area contributed by atoms with E-state index >= 15 is 0 Å². The molecule has 6 nitrogen and oxygen atoms in total. The molecule has 1 aromatic heterocycles.